The molecule has 0 bridgehead atoms. The molecule has 2 fully saturated rings. The summed E-state index contributed by atoms with van der Waals surface area (Å²) >= 11 is 5.98. The molecule has 7 heteroatoms. The molecule has 6 nitrogen and oxygen atoms in total. The van der Waals surface area contributed by atoms with Crippen molar-refractivity contribution in [1.82, 2.24) is 10.3 Å². The Morgan fingerprint density at radius 3 is 2.32 bits per heavy atom. The molecule has 164 valence electrons. The van der Waals surface area contributed by atoms with Gasteiger partial charge in [0.2, 0.25) is 11.8 Å². The van der Waals surface area contributed by atoms with Gasteiger partial charge in [0, 0.05) is 41.6 Å². The van der Waals surface area contributed by atoms with Crippen LogP contribution in [0, 0.1) is 11.8 Å². The molecule has 4 rings (SSSR count). The monoisotopic (exact) mass is 440 g/mol. The average Bonchev–Trinajstić information content (AvgIpc) is 3.60. The highest BCUT2D eigenvalue weighted by Crippen LogP contribution is 2.48. The number of rotatable bonds is 7. The van der Waals surface area contributed by atoms with Crippen molar-refractivity contribution in [3.63, 3.8) is 0 Å². The van der Waals surface area contributed by atoms with Crippen LogP contribution in [0.4, 0.5) is 5.69 Å². The zero-order valence-corrected chi connectivity index (χ0v) is 18.3. The Morgan fingerprint density at radius 1 is 1.06 bits per heavy atom. The van der Waals surface area contributed by atoms with Gasteiger partial charge in [-0.05, 0) is 74.3 Å². The first-order valence-corrected chi connectivity index (χ1v) is 11.4. The van der Waals surface area contributed by atoms with E-state index >= 15 is 0 Å². The molecule has 2 aliphatic carbocycles. The number of carbonyl (C=O) groups is 2. The van der Waals surface area contributed by atoms with Gasteiger partial charge in [0.05, 0.1) is 5.41 Å². The summed E-state index contributed by atoms with van der Waals surface area (Å²) in [6.45, 7) is 0.465. The Hall–Kier alpha value is -2.44. The van der Waals surface area contributed by atoms with E-state index in [1.165, 1.54) is 0 Å². The maximum absolute atomic E-state index is 12.9. The van der Waals surface area contributed by atoms with Crippen LogP contribution in [0.15, 0.2) is 48.8 Å². The van der Waals surface area contributed by atoms with Crippen molar-refractivity contribution in [3.8, 4) is 0 Å². The normalized spacial score (nSPS) is 22.9. The number of nitrogens with two attached hydrogens (primary N) is 1. The molecule has 0 radical (unpaired) electrons. The lowest BCUT2D eigenvalue weighted by Gasteiger charge is -2.32. The third kappa shape index (κ3) is 5.08. The second-order valence-corrected chi connectivity index (χ2v) is 9.24. The van der Waals surface area contributed by atoms with Gasteiger partial charge in [-0.1, -0.05) is 23.7 Å². The molecule has 2 amide bonds. The summed E-state index contributed by atoms with van der Waals surface area (Å²) in [7, 11) is 0. The Bertz CT molecular complexity index is 907. The Morgan fingerprint density at radius 2 is 1.71 bits per heavy atom. The SMILES string of the molecule is NC(CNC(=O)C1(c2ccc(Cl)cc2)CC1)C1CCC(C(=O)Nc2ccncc2)CC1. The zero-order valence-electron chi connectivity index (χ0n) is 17.5. The number of halogens is 1. The maximum Gasteiger partial charge on any atom is 0.230 e. The van der Waals surface area contributed by atoms with Crippen LogP contribution in [-0.4, -0.2) is 29.4 Å². The third-order valence-corrected chi connectivity index (χ3v) is 7.03. The predicted molar refractivity (Wildman–Crippen MR) is 122 cm³/mol. The summed E-state index contributed by atoms with van der Waals surface area (Å²) in [6, 6.07) is 11.0. The van der Waals surface area contributed by atoms with Crippen LogP contribution in [0.25, 0.3) is 0 Å². The molecule has 0 spiro atoms. The van der Waals surface area contributed by atoms with E-state index in [1.54, 1.807) is 24.5 Å². The molecule has 0 aliphatic heterocycles. The smallest absolute Gasteiger partial charge is 0.230 e. The first kappa shape index (κ1) is 21.8. The molecular weight excluding hydrogens is 412 g/mol. The Balaban J connectivity index is 1.23. The van der Waals surface area contributed by atoms with E-state index in [4.69, 9.17) is 17.3 Å². The van der Waals surface area contributed by atoms with E-state index in [9.17, 15) is 9.59 Å². The topological polar surface area (TPSA) is 97.1 Å². The lowest BCUT2D eigenvalue weighted by molar-refractivity contribution is -0.123. The fourth-order valence-electron chi connectivity index (χ4n) is 4.58. The molecule has 4 N–H and O–H groups in total. The van der Waals surface area contributed by atoms with Crippen molar-refractivity contribution < 1.29 is 9.59 Å². The predicted octanol–water partition coefficient (Wildman–Crippen LogP) is 3.66. The van der Waals surface area contributed by atoms with Gasteiger partial charge < -0.3 is 16.4 Å². The second-order valence-electron chi connectivity index (χ2n) is 8.80. The fraction of sp³-hybridized carbons (Fsp3) is 0.458. The van der Waals surface area contributed by atoms with Gasteiger partial charge in [0.15, 0.2) is 0 Å². The summed E-state index contributed by atoms with van der Waals surface area (Å²) < 4.78 is 0. The fourth-order valence-corrected chi connectivity index (χ4v) is 4.70. The molecule has 31 heavy (non-hydrogen) atoms. The van der Waals surface area contributed by atoms with Crippen molar-refractivity contribution in [3.05, 3.63) is 59.4 Å². The van der Waals surface area contributed by atoms with Gasteiger partial charge in [-0.3, -0.25) is 14.6 Å². The number of nitrogens with zero attached hydrogens (tertiary/aromatic N) is 1. The van der Waals surface area contributed by atoms with Crippen LogP contribution in [0.5, 0.6) is 0 Å². The molecule has 2 aliphatic rings. The number of nitrogens with one attached hydrogen (secondary N) is 2. The summed E-state index contributed by atoms with van der Waals surface area (Å²) in [5.41, 5.74) is 7.79. The van der Waals surface area contributed by atoms with E-state index in [-0.39, 0.29) is 23.8 Å². The van der Waals surface area contributed by atoms with Crippen molar-refractivity contribution in [2.24, 2.45) is 17.6 Å². The maximum atomic E-state index is 12.9. The van der Waals surface area contributed by atoms with Gasteiger partial charge in [0.25, 0.3) is 0 Å². The Kier molecular flexibility index (Phi) is 6.58. The molecule has 1 heterocycles. The van der Waals surface area contributed by atoms with Crippen molar-refractivity contribution in [2.75, 3.05) is 11.9 Å². The number of pyridine rings is 1. The number of benzene rings is 1. The number of carbonyl (C=O) groups excluding carboxylic acids is 2. The highest BCUT2D eigenvalue weighted by Gasteiger charge is 2.51. The molecule has 1 unspecified atom stereocenters. The van der Waals surface area contributed by atoms with Crippen LogP contribution >= 0.6 is 11.6 Å². The minimum absolute atomic E-state index is 0.00541. The van der Waals surface area contributed by atoms with Crippen LogP contribution in [-0.2, 0) is 15.0 Å². The molecular formula is C24H29ClN4O2. The van der Waals surface area contributed by atoms with Crippen LogP contribution in [0.1, 0.15) is 44.1 Å². The van der Waals surface area contributed by atoms with E-state index in [2.05, 4.69) is 15.6 Å². The molecule has 1 aromatic heterocycles. The Labute approximate surface area is 188 Å². The minimum Gasteiger partial charge on any atom is -0.354 e. The number of hydrogen-bond acceptors (Lipinski definition) is 4. The van der Waals surface area contributed by atoms with E-state index in [1.807, 2.05) is 24.3 Å². The number of amides is 2. The highest BCUT2D eigenvalue weighted by molar-refractivity contribution is 6.30. The van der Waals surface area contributed by atoms with Gasteiger partial charge in [-0.2, -0.15) is 0 Å². The summed E-state index contributed by atoms with van der Waals surface area (Å²) in [5, 5.41) is 6.72. The molecule has 2 aromatic rings. The number of anilines is 1. The first-order valence-electron chi connectivity index (χ1n) is 11.0. The zero-order chi connectivity index (χ0) is 21.8. The number of hydrogen-bond donors (Lipinski definition) is 3. The molecule has 1 aromatic carbocycles. The van der Waals surface area contributed by atoms with Crippen molar-refractivity contribution in [1.29, 1.82) is 0 Å². The number of aromatic nitrogens is 1. The summed E-state index contributed by atoms with van der Waals surface area (Å²) in [4.78, 5) is 29.3. The van der Waals surface area contributed by atoms with E-state index in [0.29, 0.717) is 17.5 Å². The van der Waals surface area contributed by atoms with E-state index < -0.39 is 5.41 Å². The highest BCUT2D eigenvalue weighted by atomic mass is 35.5. The lowest BCUT2D eigenvalue weighted by Crippen LogP contribution is -2.46. The van der Waals surface area contributed by atoms with Crippen LogP contribution < -0.4 is 16.4 Å². The molecule has 2 saturated carbocycles. The van der Waals surface area contributed by atoms with Gasteiger partial charge in [0.1, 0.15) is 0 Å². The van der Waals surface area contributed by atoms with Crippen molar-refractivity contribution in [2.45, 2.75) is 50.0 Å². The van der Waals surface area contributed by atoms with Crippen molar-refractivity contribution >= 4 is 29.1 Å². The standard InChI is InChI=1S/C24H29ClN4O2/c25-19-7-5-18(6-8-19)24(11-12-24)23(31)28-15-21(26)16-1-3-17(4-2-16)22(30)29-20-9-13-27-14-10-20/h5-10,13-14,16-17,21H,1-4,11-12,15,26H2,(H,28,31)(H,27,29,30). The first-order chi connectivity index (χ1) is 15.0. The molecule has 0 saturated heterocycles. The van der Waals surface area contributed by atoms with E-state index in [0.717, 1.165) is 49.8 Å². The average molecular weight is 441 g/mol. The van der Waals surface area contributed by atoms with Gasteiger partial charge in [-0.15, -0.1) is 0 Å². The van der Waals surface area contributed by atoms with Crippen LogP contribution in [0.2, 0.25) is 5.02 Å². The summed E-state index contributed by atoms with van der Waals surface area (Å²) in [5.74, 6) is 0.433. The quantitative estimate of drug-likeness (QED) is 0.612. The summed E-state index contributed by atoms with van der Waals surface area (Å²) in [6.07, 6.45) is 8.47. The largest absolute Gasteiger partial charge is 0.354 e. The third-order valence-electron chi connectivity index (χ3n) is 6.78. The minimum atomic E-state index is -0.424. The lowest BCUT2D eigenvalue weighted by atomic mass is 9.78. The molecule has 1 atom stereocenters. The second kappa shape index (κ2) is 9.37. The van der Waals surface area contributed by atoms with Crippen LogP contribution in [0.3, 0.4) is 0 Å². The van der Waals surface area contributed by atoms with Gasteiger partial charge >= 0.3 is 0 Å². The van der Waals surface area contributed by atoms with Gasteiger partial charge in [-0.25, -0.2) is 0 Å².